The zero-order valence-corrected chi connectivity index (χ0v) is 31.1. The molecule has 0 saturated carbocycles. The minimum Gasteiger partial charge on any atom is -0.369 e. The lowest BCUT2D eigenvalue weighted by atomic mass is 9.93. The summed E-state index contributed by atoms with van der Waals surface area (Å²) < 4.78 is 2.39. The Morgan fingerprint density at radius 1 is 0.870 bits per heavy atom. The molecule has 3 amide bonds. The summed E-state index contributed by atoms with van der Waals surface area (Å²) in [5.41, 5.74) is 5.61. The zero-order valence-electron chi connectivity index (χ0n) is 30.4. The number of aromatic amines is 1. The maximum absolute atomic E-state index is 12.6. The van der Waals surface area contributed by atoms with Gasteiger partial charge in [-0.05, 0) is 86.9 Å². The quantitative estimate of drug-likeness (QED) is 0.186. The lowest BCUT2D eigenvalue weighted by Gasteiger charge is -2.38. The van der Waals surface area contributed by atoms with Crippen LogP contribution in [-0.4, -0.2) is 88.9 Å². The van der Waals surface area contributed by atoms with Crippen molar-refractivity contribution in [2.24, 2.45) is 5.92 Å². The van der Waals surface area contributed by atoms with Crippen molar-refractivity contribution in [3.8, 4) is 6.07 Å². The Bertz CT molecular complexity index is 2230. The highest BCUT2D eigenvalue weighted by atomic mass is 35.5. The Morgan fingerprint density at radius 3 is 2.50 bits per heavy atom. The van der Waals surface area contributed by atoms with Gasteiger partial charge in [0.25, 0.3) is 0 Å². The molecule has 278 valence electrons. The van der Waals surface area contributed by atoms with Crippen molar-refractivity contribution in [2.45, 2.75) is 56.9 Å². The van der Waals surface area contributed by atoms with Gasteiger partial charge in [0.15, 0.2) is 5.82 Å². The highest BCUT2D eigenvalue weighted by Gasteiger charge is 2.30. The number of carbonyl (C=O) groups is 2. The molecule has 2 aromatic carbocycles. The molecule has 0 bridgehead atoms. The Labute approximate surface area is 319 Å². The molecule has 12 nitrogen and oxygen atoms in total. The SMILES string of the molecule is N#Cc1c[nH]c2c(N3CCCC(c4ccc(N5CCC(CN6CCC(n7ccc8c(N9CCC(=O)NC9=O)cccc87)CC6)CC5)nn4)C3)ccc(Cl)c12. The molecule has 54 heavy (non-hydrogen) atoms. The molecule has 0 radical (unpaired) electrons. The fraction of sp³-hybridized carbons (Fsp3) is 0.439. The predicted octanol–water partition coefficient (Wildman–Crippen LogP) is 6.82. The molecule has 4 saturated heterocycles. The summed E-state index contributed by atoms with van der Waals surface area (Å²) in [6.07, 6.45) is 10.9. The molecule has 1 unspecified atom stereocenters. The van der Waals surface area contributed by atoms with Crippen molar-refractivity contribution >= 4 is 62.5 Å². The van der Waals surface area contributed by atoms with E-state index in [1.165, 1.54) is 0 Å². The number of hydrogen-bond donors (Lipinski definition) is 2. The lowest BCUT2D eigenvalue weighted by molar-refractivity contribution is -0.120. The van der Waals surface area contributed by atoms with Crippen LogP contribution in [0.4, 0.5) is 22.0 Å². The maximum atomic E-state index is 12.6. The Morgan fingerprint density at radius 2 is 1.72 bits per heavy atom. The van der Waals surface area contributed by atoms with Crippen molar-refractivity contribution in [3.63, 3.8) is 0 Å². The molecule has 4 aliphatic heterocycles. The van der Waals surface area contributed by atoms with Crippen molar-refractivity contribution in [1.82, 2.24) is 30.0 Å². The van der Waals surface area contributed by atoms with Gasteiger partial charge in [0, 0.05) is 93.9 Å². The predicted molar refractivity (Wildman–Crippen MR) is 211 cm³/mol. The molecule has 9 rings (SSSR count). The summed E-state index contributed by atoms with van der Waals surface area (Å²) in [5.74, 6) is 1.72. The van der Waals surface area contributed by atoms with Crippen molar-refractivity contribution in [3.05, 3.63) is 77.2 Å². The number of rotatable bonds is 7. The standard InChI is InChI=1S/C41H45ClN10O2/c42-32-6-8-36(40-39(32)29(23-43)24-44-40)50-16-2-3-28(26-50)33-7-9-37(47-46-33)49-19-10-27(11-20-49)25-48-17-12-30(13-18-48)51-21-14-31-34(51)4-1-5-35(31)52-22-15-38(53)45-41(52)54/h1,4-9,14,21,24,27-28,30,44H,2-3,10-13,15-20,22,25-26H2,(H,45,53,54). The van der Waals surface area contributed by atoms with Crippen LogP contribution in [0.3, 0.4) is 0 Å². The highest BCUT2D eigenvalue weighted by molar-refractivity contribution is 6.36. The van der Waals surface area contributed by atoms with E-state index in [1.54, 1.807) is 11.1 Å². The van der Waals surface area contributed by atoms with E-state index in [1.807, 2.05) is 18.2 Å². The third-order valence-electron chi connectivity index (χ3n) is 12.2. The average Bonchev–Trinajstić information content (AvgIpc) is 3.85. The summed E-state index contributed by atoms with van der Waals surface area (Å²) in [4.78, 5) is 36.7. The van der Waals surface area contributed by atoms with Gasteiger partial charge in [-0.25, -0.2) is 4.79 Å². The highest BCUT2D eigenvalue weighted by Crippen LogP contribution is 2.38. The molecule has 1 atom stereocenters. The fourth-order valence-electron chi connectivity index (χ4n) is 9.31. The number of imide groups is 1. The summed E-state index contributed by atoms with van der Waals surface area (Å²) in [7, 11) is 0. The zero-order chi connectivity index (χ0) is 36.8. The first-order chi connectivity index (χ1) is 26.4. The van der Waals surface area contributed by atoms with Crippen LogP contribution in [0.5, 0.6) is 0 Å². The maximum Gasteiger partial charge on any atom is 0.328 e. The second-order valence-electron chi connectivity index (χ2n) is 15.4. The van der Waals surface area contributed by atoms with Gasteiger partial charge in [0.2, 0.25) is 5.91 Å². The minimum atomic E-state index is -0.342. The van der Waals surface area contributed by atoms with Crippen LogP contribution in [0, 0.1) is 17.2 Å². The van der Waals surface area contributed by atoms with Gasteiger partial charge in [-0.1, -0.05) is 17.7 Å². The van der Waals surface area contributed by atoms with Crippen LogP contribution >= 0.6 is 11.6 Å². The summed E-state index contributed by atoms with van der Waals surface area (Å²) >= 11 is 6.48. The number of aromatic nitrogens is 4. The number of fused-ring (bicyclic) bond motifs is 2. The normalized spacial score (nSPS) is 20.9. The molecule has 0 aliphatic carbocycles. The molecule has 5 aromatic rings. The summed E-state index contributed by atoms with van der Waals surface area (Å²) in [6.45, 7) is 7.51. The van der Waals surface area contributed by atoms with Crippen molar-refractivity contribution < 1.29 is 9.59 Å². The smallest absolute Gasteiger partial charge is 0.328 e. The Balaban J connectivity index is 0.766. The largest absolute Gasteiger partial charge is 0.369 e. The van der Waals surface area contributed by atoms with E-state index in [2.05, 4.69) is 72.2 Å². The van der Waals surface area contributed by atoms with E-state index in [4.69, 9.17) is 21.8 Å². The second-order valence-corrected chi connectivity index (χ2v) is 15.8. The van der Waals surface area contributed by atoms with E-state index in [-0.39, 0.29) is 17.9 Å². The van der Waals surface area contributed by atoms with Crippen LogP contribution in [0.1, 0.15) is 68.2 Å². The van der Waals surface area contributed by atoms with Crippen molar-refractivity contribution in [1.29, 1.82) is 5.26 Å². The van der Waals surface area contributed by atoms with Gasteiger partial charge in [0.05, 0.1) is 38.7 Å². The second kappa shape index (κ2) is 14.6. The summed E-state index contributed by atoms with van der Waals surface area (Å²) in [5, 5.41) is 24.0. The van der Waals surface area contributed by atoms with Crippen molar-refractivity contribution in [2.75, 3.05) is 67.1 Å². The Hall–Kier alpha value is -5.12. The van der Waals surface area contributed by atoms with E-state index in [0.29, 0.717) is 35.5 Å². The third-order valence-corrected chi connectivity index (χ3v) is 12.5. The molecular weight excluding hydrogens is 700 g/mol. The van der Waals surface area contributed by atoms with Gasteiger partial charge in [-0.3, -0.25) is 15.0 Å². The molecule has 7 heterocycles. The van der Waals surface area contributed by atoms with Crippen LogP contribution in [0.15, 0.2) is 60.9 Å². The van der Waals surface area contributed by atoms with Crippen LogP contribution in [-0.2, 0) is 4.79 Å². The first-order valence-electron chi connectivity index (χ1n) is 19.4. The number of H-pyrrole nitrogens is 1. The minimum absolute atomic E-state index is 0.214. The van der Waals surface area contributed by atoms with E-state index >= 15 is 0 Å². The number of nitrogens with one attached hydrogen (secondary N) is 2. The number of hydrogen-bond acceptors (Lipinski definition) is 8. The van der Waals surface area contributed by atoms with Gasteiger partial charge in [-0.2, -0.15) is 10.4 Å². The number of piperidine rings is 3. The van der Waals surface area contributed by atoms with Gasteiger partial charge in [0.1, 0.15) is 6.07 Å². The van der Waals surface area contributed by atoms with Crippen LogP contribution < -0.4 is 20.0 Å². The number of nitriles is 1. The monoisotopic (exact) mass is 744 g/mol. The first-order valence-corrected chi connectivity index (χ1v) is 19.8. The fourth-order valence-corrected chi connectivity index (χ4v) is 9.57. The number of nitrogens with zero attached hydrogens (tertiary/aromatic N) is 8. The summed E-state index contributed by atoms with van der Waals surface area (Å²) in [6, 6.07) is 18.9. The Kier molecular flexibility index (Phi) is 9.37. The van der Waals surface area contributed by atoms with Crippen LogP contribution in [0.2, 0.25) is 5.02 Å². The molecule has 3 aromatic heterocycles. The third kappa shape index (κ3) is 6.54. The number of anilines is 3. The van der Waals surface area contributed by atoms with E-state index in [9.17, 15) is 14.9 Å². The van der Waals surface area contributed by atoms with E-state index < -0.39 is 0 Å². The molecule has 4 aliphatic rings. The molecule has 0 spiro atoms. The lowest BCUT2D eigenvalue weighted by Crippen LogP contribution is -2.49. The molecule has 2 N–H and O–H groups in total. The number of amides is 3. The van der Waals surface area contributed by atoms with Gasteiger partial charge < -0.3 is 24.3 Å². The number of likely N-dealkylation sites (tertiary alicyclic amines) is 1. The van der Waals surface area contributed by atoms with Crippen LogP contribution in [0.25, 0.3) is 21.8 Å². The molecule has 4 fully saturated rings. The average molecular weight is 745 g/mol. The number of benzene rings is 2. The van der Waals surface area contributed by atoms with Gasteiger partial charge >= 0.3 is 6.03 Å². The topological polar surface area (TPSA) is 129 Å². The van der Waals surface area contributed by atoms with E-state index in [0.717, 1.165) is 129 Å². The first kappa shape index (κ1) is 34.6. The molecular formula is C41H45ClN10O2. The number of halogens is 1. The molecule has 13 heteroatoms. The number of urea groups is 1. The number of carbonyl (C=O) groups excluding carboxylic acids is 2. The van der Waals surface area contributed by atoms with Gasteiger partial charge in [-0.15, -0.1) is 5.10 Å².